The second kappa shape index (κ2) is 6.67. The normalized spacial score (nSPS) is 19.7. The molecule has 2 heterocycles. The van der Waals surface area contributed by atoms with Gasteiger partial charge in [-0.15, -0.1) is 11.3 Å². The lowest BCUT2D eigenvalue weighted by molar-refractivity contribution is 0.367. The molecule has 114 valence electrons. The number of hydrogen-bond acceptors (Lipinski definition) is 4. The van der Waals surface area contributed by atoms with Crippen molar-refractivity contribution in [2.24, 2.45) is 0 Å². The quantitative estimate of drug-likeness (QED) is 0.838. The molecule has 1 unspecified atom stereocenters. The van der Waals surface area contributed by atoms with Crippen LogP contribution in [-0.4, -0.2) is 22.5 Å². The van der Waals surface area contributed by atoms with Crippen LogP contribution in [0.5, 0.6) is 0 Å². The summed E-state index contributed by atoms with van der Waals surface area (Å²) >= 11 is 3.83. The van der Waals surface area contributed by atoms with Gasteiger partial charge in [-0.05, 0) is 49.1 Å². The summed E-state index contributed by atoms with van der Waals surface area (Å²) in [6.07, 6.45) is 11.2. The zero-order chi connectivity index (χ0) is 14.7. The van der Waals surface area contributed by atoms with Crippen molar-refractivity contribution in [3.8, 4) is 0 Å². The van der Waals surface area contributed by atoms with Gasteiger partial charge in [-0.3, -0.25) is 4.98 Å². The van der Waals surface area contributed by atoms with Crippen molar-refractivity contribution in [2.75, 3.05) is 12.8 Å². The molecule has 2 aromatic heterocycles. The van der Waals surface area contributed by atoms with Crippen LogP contribution in [0.25, 0.3) is 10.2 Å². The first-order valence-corrected chi connectivity index (χ1v) is 9.95. The predicted octanol–water partition coefficient (Wildman–Crippen LogP) is 5.01. The van der Waals surface area contributed by atoms with Crippen LogP contribution < -0.4 is 5.32 Å². The Balaban J connectivity index is 1.66. The fourth-order valence-electron chi connectivity index (χ4n) is 3.20. The highest BCUT2D eigenvalue weighted by Crippen LogP contribution is 2.38. The number of rotatable bonds is 5. The van der Waals surface area contributed by atoms with Gasteiger partial charge in [0.2, 0.25) is 0 Å². The predicted molar refractivity (Wildman–Crippen MR) is 95.4 cm³/mol. The number of nitrogens with zero attached hydrogens (tertiary/aromatic N) is 1. The van der Waals surface area contributed by atoms with Crippen LogP contribution in [-0.2, 0) is 0 Å². The maximum absolute atomic E-state index is 4.56. The minimum atomic E-state index is 0.370. The summed E-state index contributed by atoms with van der Waals surface area (Å²) in [6, 6.07) is 4.75. The van der Waals surface area contributed by atoms with E-state index in [1.165, 1.54) is 42.4 Å². The van der Waals surface area contributed by atoms with E-state index in [2.05, 4.69) is 52.8 Å². The third-order valence-electron chi connectivity index (χ3n) is 4.75. The summed E-state index contributed by atoms with van der Waals surface area (Å²) in [6.45, 7) is 3.37. The Bertz CT molecular complexity index is 587. The summed E-state index contributed by atoms with van der Waals surface area (Å²) in [7, 11) is 0. The zero-order valence-corrected chi connectivity index (χ0v) is 14.5. The first kappa shape index (κ1) is 15.3. The van der Waals surface area contributed by atoms with Crippen LogP contribution in [0.2, 0.25) is 0 Å². The van der Waals surface area contributed by atoms with Crippen LogP contribution >= 0.6 is 23.1 Å². The second-order valence-corrected chi connectivity index (χ2v) is 8.34. The summed E-state index contributed by atoms with van der Waals surface area (Å²) in [5, 5.41) is 5.88. The molecule has 0 aliphatic heterocycles. The van der Waals surface area contributed by atoms with Gasteiger partial charge in [-0.25, -0.2) is 0 Å². The van der Waals surface area contributed by atoms with Crippen molar-refractivity contribution < 1.29 is 0 Å². The Labute approximate surface area is 135 Å². The van der Waals surface area contributed by atoms with E-state index in [1.807, 2.05) is 6.20 Å². The first-order chi connectivity index (χ1) is 10.2. The van der Waals surface area contributed by atoms with E-state index in [0.717, 1.165) is 12.1 Å². The Hall–Kier alpha value is -0.580. The molecule has 0 amide bonds. The van der Waals surface area contributed by atoms with Gasteiger partial charge >= 0.3 is 0 Å². The molecule has 1 aliphatic carbocycles. The van der Waals surface area contributed by atoms with E-state index in [0.29, 0.717) is 10.8 Å². The highest BCUT2D eigenvalue weighted by molar-refractivity contribution is 8.00. The molecule has 0 aromatic carbocycles. The van der Waals surface area contributed by atoms with E-state index in [-0.39, 0.29) is 0 Å². The monoisotopic (exact) mass is 320 g/mol. The first-order valence-electron chi connectivity index (χ1n) is 7.84. The number of thioether (sulfide) groups is 1. The number of fused-ring (bicyclic) bond motifs is 1. The summed E-state index contributed by atoms with van der Waals surface area (Å²) in [5.74, 6) is 0. The number of pyridine rings is 1. The van der Waals surface area contributed by atoms with Crippen LogP contribution in [0.15, 0.2) is 23.7 Å². The largest absolute Gasteiger partial charge is 0.309 e. The van der Waals surface area contributed by atoms with Gasteiger partial charge in [0.25, 0.3) is 0 Å². The molecule has 3 rings (SSSR count). The third kappa shape index (κ3) is 3.43. The van der Waals surface area contributed by atoms with Crippen molar-refractivity contribution in [1.82, 2.24) is 10.3 Å². The lowest BCUT2D eigenvalue weighted by Gasteiger charge is -2.37. The lowest BCUT2D eigenvalue weighted by Crippen LogP contribution is -2.40. The molecule has 2 aromatic rings. The summed E-state index contributed by atoms with van der Waals surface area (Å²) in [4.78, 5) is 4.56. The molecule has 21 heavy (non-hydrogen) atoms. The van der Waals surface area contributed by atoms with Crippen LogP contribution in [0.3, 0.4) is 0 Å². The maximum atomic E-state index is 4.56. The maximum Gasteiger partial charge on any atom is 0.0809 e. The fraction of sp³-hybridized carbons (Fsp3) is 0.588. The topological polar surface area (TPSA) is 24.9 Å². The SMILES string of the molecule is CSC1(CNC(C)c2cnc3ccsc3c2)CCCCC1. The molecule has 0 bridgehead atoms. The van der Waals surface area contributed by atoms with E-state index < -0.39 is 0 Å². The molecule has 1 aliphatic rings. The van der Waals surface area contributed by atoms with Crippen LogP contribution in [0, 0.1) is 0 Å². The van der Waals surface area contributed by atoms with Crippen molar-refractivity contribution in [1.29, 1.82) is 0 Å². The zero-order valence-electron chi connectivity index (χ0n) is 12.9. The van der Waals surface area contributed by atoms with Gasteiger partial charge in [0.1, 0.15) is 0 Å². The summed E-state index contributed by atoms with van der Waals surface area (Å²) < 4.78 is 1.74. The van der Waals surface area contributed by atoms with Gasteiger partial charge in [0.15, 0.2) is 0 Å². The molecular weight excluding hydrogens is 296 g/mol. The van der Waals surface area contributed by atoms with Gasteiger partial charge in [-0.1, -0.05) is 19.3 Å². The molecule has 0 radical (unpaired) electrons. The molecule has 1 saturated carbocycles. The van der Waals surface area contributed by atoms with E-state index in [4.69, 9.17) is 0 Å². The van der Waals surface area contributed by atoms with Crippen molar-refractivity contribution in [2.45, 2.75) is 49.8 Å². The van der Waals surface area contributed by atoms with Gasteiger partial charge in [0, 0.05) is 23.5 Å². The molecule has 1 fully saturated rings. The molecule has 0 saturated heterocycles. The molecule has 4 heteroatoms. The van der Waals surface area contributed by atoms with Crippen LogP contribution in [0.4, 0.5) is 0 Å². The standard InChI is InChI=1S/C17H24N2S2/c1-13(14-10-16-15(18-11-14)6-9-21-16)19-12-17(20-2)7-4-3-5-8-17/h6,9-11,13,19H,3-5,7-8,12H2,1-2H3. The number of aromatic nitrogens is 1. The van der Waals surface area contributed by atoms with E-state index >= 15 is 0 Å². The number of thiophene rings is 1. The van der Waals surface area contributed by atoms with Gasteiger partial charge in [-0.2, -0.15) is 11.8 Å². The molecule has 1 N–H and O–H groups in total. The average molecular weight is 321 g/mol. The molecule has 2 nitrogen and oxygen atoms in total. The smallest absolute Gasteiger partial charge is 0.0809 e. The fourth-order valence-corrected chi connectivity index (χ4v) is 4.92. The van der Waals surface area contributed by atoms with Gasteiger partial charge in [0.05, 0.1) is 10.2 Å². The molecule has 0 spiro atoms. The van der Waals surface area contributed by atoms with Crippen molar-refractivity contribution in [3.05, 3.63) is 29.3 Å². The number of hydrogen-bond donors (Lipinski definition) is 1. The Morgan fingerprint density at radius 2 is 2.19 bits per heavy atom. The second-order valence-electron chi connectivity index (χ2n) is 6.12. The average Bonchev–Trinajstić information content (AvgIpc) is 3.01. The van der Waals surface area contributed by atoms with E-state index in [9.17, 15) is 0 Å². The third-order valence-corrected chi connectivity index (χ3v) is 7.02. The lowest BCUT2D eigenvalue weighted by atomic mass is 9.88. The Kier molecular flexibility index (Phi) is 4.87. The highest BCUT2D eigenvalue weighted by atomic mass is 32.2. The van der Waals surface area contributed by atoms with Crippen LogP contribution in [0.1, 0.15) is 50.6 Å². The van der Waals surface area contributed by atoms with Crippen molar-refractivity contribution >= 4 is 33.3 Å². The molecule has 1 atom stereocenters. The Morgan fingerprint density at radius 1 is 1.38 bits per heavy atom. The number of nitrogens with one attached hydrogen (secondary N) is 1. The van der Waals surface area contributed by atoms with Gasteiger partial charge < -0.3 is 5.32 Å². The van der Waals surface area contributed by atoms with Crippen molar-refractivity contribution in [3.63, 3.8) is 0 Å². The van der Waals surface area contributed by atoms with E-state index in [1.54, 1.807) is 11.3 Å². The minimum Gasteiger partial charge on any atom is -0.309 e. The molecular formula is C17H24N2S2. The highest BCUT2D eigenvalue weighted by Gasteiger charge is 2.31. The summed E-state index contributed by atoms with van der Waals surface area (Å²) in [5.41, 5.74) is 2.42. The Morgan fingerprint density at radius 3 is 2.95 bits per heavy atom. The minimum absolute atomic E-state index is 0.370.